The minimum Gasteiger partial charge on any atom is -0.496 e. The molecule has 0 heterocycles. The maximum atomic E-state index is 11.8. The van der Waals surface area contributed by atoms with Crippen molar-refractivity contribution in [1.29, 1.82) is 0 Å². The highest BCUT2D eigenvalue weighted by Gasteiger charge is 2.05. The fraction of sp³-hybridized carbons (Fsp3) is 0.263. The number of hydrogen-bond acceptors (Lipinski definition) is 5. The molecule has 0 unspecified atom stereocenters. The molecule has 0 saturated carbocycles. The summed E-state index contributed by atoms with van der Waals surface area (Å²) in [5.41, 5.74) is 2.91. The number of anilines is 1. The minimum absolute atomic E-state index is 0.137. The Morgan fingerprint density at radius 2 is 1.88 bits per heavy atom. The number of benzene rings is 2. The van der Waals surface area contributed by atoms with E-state index in [4.69, 9.17) is 9.57 Å². The van der Waals surface area contributed by atoms with E-state index >= 15 is 0 Å². The lowest BCUT2D eigenvalue weighted by molar-refractivity contribution is -0.125. The molecule has 6 nitrogen and oxygen atoms in total. The number of nitrogens with one attached hydrogen (secondary N) is 1. The van der Waals surface area contributed by atoms with E-state index < -0.39 is 0 Å². The van der Waals surface area contributed by atoms with Gasteiger partial charge in [0.05, 0.1) is 13.3 Å². The van der Waals surface area contributed by atoms with Crippen LogP contribution in [0.3, 0.4) is 0 Å². The van der Waals surface area contributed by atoms with E-state index in [2.05, 4.69) is 10.5 Å². The normalized spacial score (nSPS) is 10.5. The van der Waals surface area contributed by atoms with E-state index in [1.54, 1.807) is 13.3 Å². The van der Waals surface area contributed by atoms with Gasteiger partial charge in [-0.1, -0.05) is 35.5 Å². The molecule has 25 heavy (non-hydrogen) atoms. The summed E-state index contributed by atoms with van der Waals surface area (Å²) in [5.74, 6) is 0.494. The maximum absolute atomic E-state index is 11.8. The number of ether oxygens (including phenoxy) is 1. The van der Waals surface area contributed by atoms with Gasteiger partial charge in [0.1, 0.15) is 5.75 Å². The van der Waals surface area contributed by atoms with Gasteiger partial charge in [0.2, 0.25) is 0 Å². The van der Waals surface area contributed by atoms with Crippen molar-refractivity contribution in [2.75, 3.05) is 32.7 Å². The predicted octanol–water partition coefficient (Wildman–Crippen LogP) is 2.43. The average molecular weight is 341 g/mol. The molecule has 0 saturated heterocycles. The molecule has 0 bridgehead atoms. The van der Waals surface area contributed by atoms with Crippen LogP contribution in [0.5, 0.6) is 5.75 Å². The van der Waals surface area contributed by atoms with Crippen molar-refractivity contribution < 1.29 is 14.4 Å². The molecule has 0 atom stereocenters. The van der Waals surface area contributed by atoms with E-state index in [0.717, 1.165) is 22.6 Å². The van der Waals surface area contributed by atoms with Crippen molar-refractivity contribution in [1.82, 2.24) is 5.32 Å². The highest BCUT2D eigenvalue weighted by atomic mass is 16.6. The molecule has 0 aliphatic carbocycles. The van der Waals surface area contributed by atoms with Gasteiger partial charge in [-0.25, -0.2) is 0 Å². The topological polar surface area (TPSA) is 63.2 Å². The molecule has 2 rings (SSSR count). The molecule has 1 amide bonds. The average Bonchev–Trinajstić information content (AvgIpc) is 2.64. The second kappa shape index (κ2) is 9.32. The first-order valence-corrected chi connectivity index (χ1v) is 7.91. The maximum Gasteiger partial charge on any atom is 0.261 e. The number of carbonyl (C=O) groups excluding carboxylic acids is 1. The zero-order chi connectivity index (χ0) is 18.1. The van der Waals surface area contributed by atoms with E-state index in [1.807, 2.05) is 67.5 Å². The van der Waals surface area contributed by atoms with Crippen LogP contribution in [0.15, 0.2) is 53.7 Å². The van der Waals surface area contributed by atoms with E-state index in [0.29, 0.717) is 6.54 Å². The van der Waals surface area contributed by atoms with E-state index in [-0.39, 0.29) is 12.5 Å². The summed E-state index contributed by atoms with van der Waals surface area (Å²) >= 11 is 0. The SMILES string of the molecule is COc1ccccc1CNC(=O)CON=Cc1ccc(N(C)C)cc1. The highest BCUT2D eigenvalue weighted by Crippen LogP contribution is 2.16. The van der Waals surface area contributed by atoms with Gasteiger partial charge in [0, 0.05) is 31.9 Å². The van der Waals surface area contributed by atoms with Crippen LogP contribution in [-0.2, 0) is 16.2 Å². The summed E-state index contributed by atoms with van der Waals surface area (Å²) in [7, 11) is 5.56. The third-order valence-corrected chi connectivity index (χ3v) is 3.55. The van der Waals surface area contributed by atoms with E-state index in [1.165, 1.54) is 0 Å². The van der Waals surface area contributed by atoms with Gasteiger partial charge in [-0.3, -0.25) is 4.79 Å². The smallest absolute Gasteiger partial charge is 0.261 e. The number of carbonyl (C=O) groups is 1. The molecule has 0 radical (unpaired) electrons. The first kappa shape index (κ1) is 18.3. The van der Waals surface area contributed by atoms with Crippen molar-refractivity contribution in [3.63, 3.8) is 0 Å². The quantitative estimate of drug-likeness (QED) is 0.592. The molecule has 132 valence electrons. The van der Waals surface area contributed by atoms with Crippen LogP contribution in [0.1, 0.15) is 11.1 Å². The van der Waals surface area contributed by atoms with Crippen LogP contribution in [0.2, 0.25) is 0 Å². The van der Waals surface area contributed by atoms with Crippen molar-refractivity contribution in [3.05, 3.63) is 59.7 Å². The molecule has 6 heteroatoms. The van der Waals surface area contributed by atoms with Gasteiger partial charge in [-0.15, -0.1) is 0 Å². The number of amides is 1. The molecular formula is C19H23N3O3. The Labute approximate surface area is 148 Å². The van der Waals surface area contributed by atoms with Crippen molar-refractivity contribution in [2.45, 2.75) is 6.54 Å². The van der Waals surface area contributed by atoms with Crippen LogP contribution in [0.25, 0.3) is 0 Å². The molecule has 2 aromatic rings. The number of methoxy groups -OCH3 is 1. The molecule has 0 spiro atoms. The van der Waals surface area contributed by atoms with Crippen LogP contribution in [-0.4, -0.2) is 39.9 Å². The molecule has 0 aliphatic heterocycles. The summed E-state index contributed by atoms with van der Waals surface area (Å²) < 4.78 is 5.24. The monoisotopic (exact) mass is 341 g/mol. The van der Waals surface area contributed by atoms with Gasteiger partial charge in [0.25, 0.3) is 5.91 Å². The van der Waals surface area contributed by atoms with Crippen molar-refractivity contribution in [3.8, 4) is 5.75 Å². The number of oxime groups is 1. The third kappa shape index (κ3) is 5.84. The Kier molecular flexibility index (Phi) is 6.83. The van der Waals surface area contributed by atoms with E-state index in [9.17, 15) is 4.79 Å². The first-order chi connectivity index (χ1) is 12.1. The van der Waals surface area contributed by atoms with Crippen LogP contribution < -0.4 is 15.0 Å². The van der Waals surface area contributed by atoms with Gasteiger partial charge in [0.15, 0.2) is 6.61 Å². The van der Waals surface area contributed by atoms with Gasteiger partial charge in [-0.05, 0) is 23.8 Å². The van der Waals surface area contributed by atoms with Crippen molar-refractivity contribution in [2.24, 2.45) is 5.16 Å². The lowest BCUT2D eigenvalue weighted by Gasteiger charge is -2.11. The van der Waals surface area contributed by atoms with Gasteiger partial charge >= 0.3 is 0 Å². The second-order valence-corrected chi connectivity index (χ2v) is 5.58. The third-order valence-electron chi connectivity index (χ3n) is 3.55. The standard InChI is InChI=1S/C19H23N3O3/c1-22(2)17-10-8-15(9-11-17)12-21-25-14-19(23)20-13-16-6-4-5-7-18(16)24-3/h4-12H,13-14H2,1-3H3,(H,20,23). The molecule has 0 fully saturated rings. The Hall–Kier alpha value is -3.02. The molecular weight excluding hydrogens is 318 g/mol. The summed E-state index contributed by atoms with van der Waals surface area (Å²) in [5, 5.41) is 6.59. The zero-order valence-corrected chi connectivity index (χ0v) is 14.7. The number of para-hydroxylation sites is 1. The first-order valence-electron chi connectivity index (χ1n) is 7.91. The zero-order valence-electron chi connectivity index (χ0n) is 14.7. The Morgan fingerprint density at radius 3 is 2.56 bits per heavy atom. The Balaban J connectivity index is 1.74. The molecule has 0 aromatic heterocycles. The fourth-order valence-corrected chi connectivity index (χ4v) is 2.15. The molecule has 1 N–H and O–H groups in total. The van der Waals surface area contributed by atoms with Crippen LogP contribution in [0.4, 0.5) is 5.69 Å². The lowest BCUT2D eigenvalue weighted by Crippen LogP contribution is -2.26. The fourth-order valence-electron chi connectivity index (χ4n) is 2.15. The van der Waals surface area contributed by atoms with Crippen LogP contribution >= 0.6 is 0 Å². The largest absolute Gasteiger partial charge is 0.496 e. The predicted molar refractivity (Wildman–Crippen MR) is 99.2 cm³/mol. The summed E-state index contributed by atoms with van der Waals surface area (Å²) in [6.07, 6.45) is 1.58. The van der Waals surface area contributed by atoms with Gasteiger partial charge in [-0.2, -0.15) is 0 Å². The number of nitrogens with zero attached hydrogens (tertiary/aromatic N) is 2. The van der Waals surface area contributed by atoms with Crippen molar-refractivity contribution >= 4 is 17.8 Å². The second-order valence-electron chi connectivity index (χ2n) is 5.58. The Morgan fingerprint density at radius 1 is 1.16 bits per heavy atom. The minimum atomic E-state index is -0.244. The molecule has 2 aromatic carbocycles. The Bertz CT molecular complexity index is 712. The summed E-state index contributed by atoms with van der Waals surface area (Å²) in [6, 6.07) is 15.4. The number of rotatable bonds is 8. The molecule has 0 aliphatic rings. The highest BCUT2D eigenvalue weighted by molar-refractivity contribution is 5.80. The lowest BCUT2D eigenvalue weighted by atomic mass is 10.2. The van der Waals surface area contributed by atoms with Crippen LogP contribution in [0, 0.1) is 0 Å². The number of hydrogen-bond donors (Lipinski definition) is 1. The summed E-state index contributed by atoms with van der Waals surface area (Å²) in [6.45, 7) is 0.239. The summed E-state index contributed by atoms with van der Waals surface area (Å²) in [4.78, 5) is 18.8. The van der Waals surface area contributed by atoms with Gasteiger partial charge < -0.3 is 19.8 Å².